The molecule has 0 atom stereocenters. The Hall–Kier alpha value is -0.360. The van der Waals surface area contributed by atoms with Crippen LogP contribution in [-0.4, -0.2) is 21.3 Å². The van der Waals surface area contributed by atoms with E-state index in [1.807, 2.05) is 0 Å². The maximum absolute atomic E-state index is 10.7. The third-order valence-electron chi connectivity index (χ3n) is 1.03. The fraction of sp³-hybridized carbons (Fsp3) is 0.667. The van der Waals surface area contributed by atoms with Crippen LogP contribution in [0.15, 0.2) is 0 Å². The lowest BCUT2D eigenvalue weighted by Gasteiger charge is -2.20. The number of carbonyl (C=O) groups is 2. The van der Waals surface area contributed by atoms with Crippen LogP contribution in [-0.2, 0) is 14.3 Å². The Labute approximate surface area is 81.1 Å². The van der Waals surface area contributed by atoms with Crippen molar-refractivity contribution in [1.29, 1.82) is 0 Å². The smallest absolute Gasteiger partial charge is 0.319 e. The van der Waals surface area contributed by atoms with Crippen LogP contribution in [0.2, 0.25) is 0 Å². The zero-order valence-electron chi connectivity index (χ0n) is 6.48. The lowest BCUT2D eigenvalue weighted by atomic mass is 10.4. The summed E-state index contributed by atoms with van der Waals surface area (Å²) in [4.78, 5) is 20.8. The van der Waals surface area contributed by atoms with Gasteiger partial charge < -0.3 is 9.84 Å². The number of aliphatic carboxylic acids is 1. The molecule has 70 valence electrons. The van der Waals surface area contributed by atoms with Gasteiger partial charge in [0.05, 0.1) is 0 Å². The van der Waals surface area contributed by atoms with Gasteiger partial charge in [-0.25, -0.2) is 0 Å². The minimum absolute atomic E-state index is 0.393. The van der Waals surface area contributed by atoms with Crippen LogP contribution in [0.1, 0.15) is 19.8 Å². The number of esters is 1. The first kappa shape index (κ1) is 11.6. The highest BCUT2D eigenvalue weighted by atomic mass is 32.2. The molecule has 0 radical (unpaired) electrons. The second-order valence-corrected chi connectivity index (χ2v) is 3.94. The predicted octanol–water partition coefficient (Wildman–Crippen LogP) is 0.928. The van der Waals surface area contributed by atoms with Crippen LogP contribution in [0, 0.1) is 0 Å². The highest BCUT2D eigenvalue weighted by Gasteiger charge is 2.23. The van der Waals surface area contributed by atoms with Crippen LogP contribution >= 0.6 is 25.3 Å². The van der Waals surface area contributed by atoms with E-state index in [-0.39, 0.29) is 0 Å². The number of hydrogen-bond acceptors (Lipinski definition) is 5. The Morgan fingerprint density at radius 2 is 2.00 bits per heavy atom. The number of rotatable bonds is 4. The summed E-state index contributed by atoms with van der Waals surface area (Å²) in [7, 11) is 0. The van der Waals surface area contributed by atoms with Gasteiger partial charge in [0.1, 0.15) is 6.42 Å². The first-order valence-corrected chi connectivity index (χ1v) is 4.15. The summed E-state index contributed by atoms with van der Waals surface area (Å²) < 4.78 is 3.43. The number of carboxylic acids is 1. The van der Waals surface area contributed by atoms with Gasteiger partial charge >= 0.3 is 11.9 Å². The van der Waals surface area contributed by atoms with E-state index >= 15 is 0 Å². The third-order valence-corrected chi connectivity index (χ3v) is 1.85. The van der Waals surface area contributed by atoms with E-state index in [2.05, 4.69) is 30.0 Å². The maximum atomic E-state index is 10.7. The zero-order chi connectivity index (χ0) is 9.78. The molecule has 0 amide bonds. The van der Waals surface area contributed by atoms with Gasteiger partial charge in [-0.3, -0.25) is 9.59 Å². The molecule has 0 aliphatic carbocycles. The first-order valence-electron chi connectivity index (χ1n) is 3.26. The van der Waals surface area contributed by atoms with Crippen molar-refractivity contribution in [2.75, 3.05) is 0 Å². The molecule has 0 aromatic heterocycles. The lowest BCUT2D eigenvalue weighted by Crippen LogP contribution is -2.23. The van der Waals surface area contributed by atoms with Crippen molar-refractivity contribution in [3.8, 4) is 0 Å². The molecule has 0 unspecified atom stereocenters. The maximum Gasteiger partial charge on any atom is 0.319 e. The molecule has 0 heterocycles. The fourth-order valence-electron chi connectivity index (χ4n) is 0.414. The molecule has 1 N–H and O–H groups in total. The van der Waals surface area contributed by atoms with Crippen LogP contribution in [0.4, 0.5) is 0 Å². The average molecular weight is 210 g/mol. The Kier molecular flexibility index (Phi) is 4.47. The molecule has 0 spiro atoms. The molecule has 0 aromatic rings. The number of thiol groups is 2. The number of carbonyl (C=O) groups excluding carboxylic acids is 1. The summed E-state index contributed by atoms with van der Waals surface area (Å²) in [5.41, 5.74) is 0. The summed E-state index contributed by atoms with van der Waals surface area (Å²) in [5, 5.41) is 8.20. The van der Waals surface area contributed by atoms with Gasteiger partial charge in [0.25, 0.3) is 0 Å². The number of carboxylic acid groups (broad SMARTS) is 1. The van der Waals surface area contributed by atoms with E-state index < -0.39 is 22.6 Å². The molecule has 0 bridgehead atoms. The second-order valence-electron chi connectivity index (χ2n) is 2.14. The van der Waals surface area contributed by atoms with E-state index in [9.17, 15) is 9.59 Å². The largest absolute Gasteiger partial charge is 0.481 e. The van der Waals surface area contributed by atoms with Crippen molar-refractivity contribution in [3.63, 3.8) is 0 Å². The van der Waals surface area contributed by atoms with Crippen molar-refractivity contribution in [1.82, 2.24) is 0 Å². The molecule has 4 nitrogen and oxygen atoms in total. The molecular formula is C6H10O4S2. The zero-order valence-corrected chi connectivity index (χ0v) is 8.27. The van der Waals surface area contributed by atoms with Crippen LogP contribution in [0.25, 0.3) is 0 Å². The Morgan fingerprint density at radius 3 is 2.33 bits per heavy atom. The van der Waals surface area contributed by atoms with Crippen molar-refractivity contribution >= 4 is 37.2 Å². The average Bonchev–Trinajstić information content (AvgIpc) is 1.84. The fourth-order valence-corrected chi connectivity index (χ4v) is 0.618. The summed E-state index contributed by atoms with van der Waals surface area (Å²) in [6.07, 6.45) is -0.270. The summed E-state index contributed by atoms with van der Waals surface area (Å²) in [5.74, 6) is -2.07. The SMILES string of the molecule is CCC(S)(S)OC(=O)CC(=O)O. The van der Waals surface area contributed by atoms with E-state index in [0.717, 1.165) is 0 Å². The highest BCUT2D eigenvalue weighted by molar-refractivity contribution is 8.00. The monoisotopic (exact) mass is 210 g/mol. The second kappa shape index (κ2) is 4.61. The molecule has 0 rings (SSSR count). The summed E-state index contributed by atoms with van der Waals surface area (Å²) >= 11 is 7.75. The molecule has 0 saturated heterocycles. The summed E-state index contributed by atoms with van der Waals surface area (Å²) in [6.45, 7) is 1.72. The van der Waals surface area contributed by atoms with Crippen LogP contribution in [0.5, 0.6) is 0 Å². The first-order chi connectivity index (χ1) is 5.37. The number of hydrogen-bond donors (Lipinski definition) is 3. The van der Waals surface area contributed by atoms with E-state index in [1.165, 1.54) is 0 Å². The molecule has 12 heavy (non-hydrogen) atoms. The molecule has 0 aliphatic heterocycles. The van der Waals surface area contributed by atoms with Crippen molar-refractivity contribution in [3.05, 3.63) is 0 Å². The molecular weight excluding hydrogens is 200 g/mol. The van der Waals surface area contributed by atoms with Crippen molar-refractivity contribution in [2.45, 2.75) is 24.0 Å². The van der Waals surface area contributed by atoms with Crippen LogP contribution in [0.3, 0.4) is 0 Å². The van der Waals surface area contributed by atoms with Gasteiger partial charge in [-0.2, -0.15) is 0 Å². The van der Waals surface area contributed by atoms with Gasteiger partial charge in [-0.05, 0) is 0 Å². The van der Waals surface area contributed by atoms with Gasteiger partial charge in [-0.1, -0.05) is 6.92 Å². The Morgan fingerprint density at radius 1 is 1.50 bits per heavy atom. The van der Waals surface area contributed by atoms with Crippen molar-refractivity contribution < 1.29 is 19.4 Å². The van der Waals surface area contributed by atoms with E-state index in [4.69, 9.17) is 5.11 Å². The lowest BCUT2D eigenvalue weighted by molar-refractivity contribution is -0.153. The van der Waals surface area contributed by atoms with Gasteiger partial charge in [-0.15, -0.1) is 25.3 Å². The van der Waals surface area contributed by atoms with Crippen molar-refractivity contribution in [2.24, 2.45) is 0 Å². The van der Waals surface area contributed by atoms with E-state index in [1.54, 1.807) is 6.92 Å². The molecule has 0 saturated carbocycles. The molecule has 6 heteroatoms. The Bertz CT molecular complexity index is 190. The van der Waals surface area contributed by atoms with Crippen LogP contribution < -0.4 is 0 Å². The molecule has 0 aromatic carbocycles. The van der Waals surface area contributed by atoms with Gasteiger partial charge in [0, 0.05) is 6.42 Å². The summed E-state index contributed by atoms with van der Waals surface area (Å²) in [6, 6.07) is 0. The van der Waals surface area contributed by atoms with Gasteiger partial charge in [0.2, 0.25) is 0 Å². The Balaban J connectivity index is 3.92. The quantitative estimate of drug-likeness (QED) is 0.279. The minimum Gasteiger partial charge on any atom is -0.481 e. The predicted molar refractivity (Wildman–Crippen MR) is 49.3 cm³/mol. The molecule has 0 fully saturated rings. The third kappa shape index (κ3) is 5.31. The van der Waals surface area contributed by atoms with E-state index in [0.29, 0.717) is 6.42 Å². The normalized spacial score (nSPS) is 10.9. The standard InChI is InChI=1S/C6H10O4S2/c1-2-6(11,12)10-5(9)3-4(7)8/h11-12H,2-3H2,1H3,(H,7,8). The topological polar surface area (TPSA) is 63.6 Å². The highest BCUT2D eigenvalue weighted by Crippen LogP contribution is 2.25. The van der Waals surface area contributed by atoms with Gasteiger partial charge in [0.15, 0.2) is 4.27 Å². The molecule has 0 aliphatic rings. The minimum atomic E-state index is -1.23. The number of ether oxygens (including phenoxy) is 1.